The van der Waals surface area contributed by atoms with E-state index < -0.39 is 69.6 Å². The largest absolute Gasteiger partial charge is 0.505 e. The fourth-order valence-corrected chi connectivity index (χ4v) is 4.78. The van der Waals surface area contributed by atoms with E-state index in [0.717, 1.165) is 23.3 Å². The lowest BCUT2D eigenvalue weighted by molar-refractivity contribution is -0.142. The van der Waals surface area contributed by atoms with Crippen LogP contribution < -0.4 is 10.6 Å². The first-order chi connectivity index (χ1) is 16.7. The number of likely N-dealkylation sites (tertiary alicyclic amines) is 1. The molecule has 36 heavy (non-hydrogen) atoms. The molecule has 0 spiro atoms. The molecule has 12 nitrogen and oxygen atoms in total. The highest BCUT2D eigenvalue weighted by Gasteiger charge is 2.38. The van der Waals surface area contributed by atoms with Gasteiger partial charge in [-0.25, -0.2) is 8.42 Å². The molecule has 15 heteroatoms. The van der Waals surface area contributed by atoms with Gasteiger partial charge in [-0.1, -0.05) is 23.2 Å². The van der Waals surface area contributed by atoms with Gasteiger partial charge in [0.1, 0.15) is 28.2 Å². The molecule has 1 aromatic carbocycles. The van der Waals surface area contributed by atoms with Crippen molar-refractivity contribution in [2.24, 2.45) is 0 Å². The molecule has 0 aliphatic carbocycles. The highest BCUT2D eigenvalue weighted by Crippen LogP contribution is 2.32. The molecule has 1 heterocycles. The number of benzene rings is 1. The number of carboxylic acid groups (broad SMARTS) is 1. The molecule has 1 aromatic rings. The fraction of sp³-hybridized carbons (Fsp3) is 0.476. The number of hydrogen-bond donors (Lipinski definition) is 4. The summed E-state index contributed by atoms with van der Waals surface area (Å²) in [7, 11) is -3.53. The number of amides is 3. The predicted octanol–water partition coefficient (Wildman–Crippen LogP) is 0.382. The van der Waals surface area contributed by atoms with Crippen molar-refractivity contribution in [1.82, 2.24) is 15.5 Å². The molecule has 2 rings (SSSR count). The minimum absolute atomic E-state index is 0.0989. The zero-order chi connectivity index (χ0) is 27.2. The van der Waals surface area contributed by atoms with Gasteiger partial charge in [0, 0.05) is 18.4 Å². The van der Waals surface area contributed by atoms with Crippen molar-refractivity contribution < 1.29 is 42.6 Å². The highest BCUT2D eigenvalue weighted by atomic mass is 35.5. The average molecular weight is 566 g/mol. The maximum Gasteiger partial charge on any atom is 0.305 e. The Labute approximate surface area is 216 Å². The summed E-state index contributed by atoms with van der Waals surface area (Å²) < 4.78 is 23.5. The summed E-state index contributed by atoms with van der Waals surface area (Å²) in [4.78, 5) is 62.0. The number of rotatable bonds is 11. The van der Waals surface area contributed by atoms with Gasteiger partial charge in [0.2, 0.25) is 11.8 Å². The second kappa shape index (κ2) is 12.4. The number of aldehydes is 1. The Morgan fingerprint density at radius 1 is 1.19 bits per heavy atom. The van der Waals surface area contributed by atoms with E-state index in [0.29, 0.717) is 6.42 Å². The van der Waals surface area contributed by atoms with Crippen LogP contribution in [0.15, 0.2) is 12.1 Å². The van der Waals surface area contributed by atoms with Gasteiger partial charge < -0.3 is 30.5 Å². The van der Waals surface area contributed by atoms with Crippen LogP contribution in [0.3, 0.4) is 0 Å². The predicted molar refractivity (Wildman–Crippen MR) is 129 cm³/mol. The molecule has 4 N–H and O–H groups in total. The standard InChI is InChI=1S/C21H25Cl2N3O9S/c1-36(34,35)6-4-15(25-19(31)11-7-13(22)18(30)14(23)8-11)21(33)26-5-2-3-16(26)20(32)24-12(10-27)9-17(28)29/h7-8,10,12,15-16,30H,2-6,9H2,1H3,(H,24,32)(H,25,31)(H,28,29)/t12-,15-,16-/m0/s1. The Bertz CT molecular complexity index is 1140. The molecule has 0 unspecified atom stereocenters. The number of halogens is 2. The van der Waals surface area contributed by atoms with Crippen molar-refractivity contribution in [3.8, 4) is 5.75 Å². The van der Waals surface area contributed by atoms with Crippen LogP contribution >= 0.6 is 23.2 Å². The zero-order valence-corrected chi connectivity index (χ0v) is 21.4. The van der Waals surface area contributed by atoms with Gasteiger partial charge in [0.05, 0.1) is 28.3 Å². The SMILES string of the molecule is CS(=O)(=O)CC[C@H](NC(=O)c1cc(Cl)c(O)c(Cl)c1)C(=O)N1CCC[C@H]1C(=O)N[C@H](C=O)CC(=O)O. The number of phenols is 1. The average Bonchev–Trinajstić information content (AvgIpc) is 3.27. The quantitative estimate of drug-likeness (QED) is 0.275. The number of hydrogen-bond acceptors (Lipinski definition) is 8. The molecule has 1 aliphatic rings. The van der Waals surface area contributed by atoms with E-state index in [-0.39, 0.29) is 41.3 Å². The molecular formula is C21H25Cl2N3O9S. The first kappa shape index (κ1) is 29.3. The minimum atomic E-state index is -3.53. The number of sulfone groups is 1. The maximum absolute atomic E-state index is 13.3. The van der Waals surface area contributed by atoms with Crippen molar-refractivity contribution >= 4 is 63.0 Å². The number of carbonyl (C=O) groups excluding carboxylic acids is 4. The zero-order valence-electron chi connectivity index (χ0n) is 19.1. The van der Waals surface area contributed by atoms with Crippen LogP contribution in [0.5, 0.6) is 5.75 Å². The van der Waals surface area contributed by atoms with E-state index in [1.807, 2.05) is 0 Å². The first-order valence-corrected chi connectivity index (χ1v) is 13.5. The van der Waals surface area contributed by atoms with Crippen molar-refractivity contribution in [2.45, 2.75) is 43.8 Å². The molecule has 0 radical (unpaired) electrons. The number of carbonyl (C=O) groups is 5. The van der Waals surface area contributed by atoms with Crippen molar-refractivity contribution in [3.05, 3.63) is 27.7 Å². The monoisotopic (exact) mass is 565 g/mol. The number of phenolic OH excluding ortho intramolecular Hbond substituents is 1. The normalized spacial score (nSPS) is 17.2. The Hall–Kier alpha value is -2.90. The molecule has 0 bridgehead atoms. The second-order valence-electron chi connectivity index (χ2n) is 8.27. The molecule has 0 aromatic heterocycles. The van der Waals surface area contributed by atoms with Gasteiger partial charge in [-0.2, -0.15) is 0 Å². The van der Waals surface area contributed by atoms with Crippen LogP contribution in [0.25, 0.3) is 0 Å². The molecular weight excluding hydrogens is 541 g/mol. The Kier molecular flexibility index (Phi) is 10.1. The molecule has 3 atom stereocenters. The van der Waals surface area contributed by atoms with Crippen LogP contribution in [-0.2, 0) is 29.0 Å². The van der Waals surface area contributed by atoms with E-state index in [2.05, 4.69) is 10.6 Å². The number of carboxylic acids is 1. The topological polar surface area (TPSA) is 187 Å². The van der Waals surface area contributed by atoms with E-state index in [4.69, 9.17) is 28.3 Å². The molecule has 0 saturated carbocycles. The van der Waals surface area contributed by atoms with Crippen molar-refractivity contribution in [1.29, 1.82) is 0 Å². The lowest BCUT2D eigenvalue weighted by atomic mass is 10.1. The van der Waals surface area contributed by atoms with Gasteiger partial charge in [-0.15, -0.1) is 0 Å². The highest BCUT2D eigenvalue weighted by molar-refractivity contribution is 7.90. The van der Waals surface area contributed by atoms with Crippen LogP contribution in [0.4, 0.5) is 0 Å². The van der Waals surface area contributed by atoms with Gasteiger partial charge in [-0.3, -0.25) is 19.2 Å². The van der Waals surface area contributed by atoms with Crippen molar-refractivity contribution in [2.75, 3.05) is 18.6 Å². The third-order valence-corrected chi connectivity index (χ3v) is 6.94. The summed E-state index contributed by atoms with van der Waals surface area (Å²) in [6.07, 6.45) is 0.918. The van der Waals surface area contributed by atoms with Gasteiger partial charge in [0.15, 0.2) is 5.75 Å². The van der Waals surface area contributed by atoms with Crippen LogP contribution in [0, 0.1) is 0 Å². The molecule has 1 aliphatic heterocycles. The van der Waals surface area contributed by atoms with Crippen LogP contribution in [0.1, 0.15) is 36.0 Å². The Balaban J connectivity index is 2.25. The lowest BCUT2D eigenvalue weighted by Crippen LogP contribution is -2.55. The van der Waals surface area contributed by atoms with Crippen molar-refractivity contribution in [3.63, 3.8) is 0 Å². The number of aliphatic carboxylic acids is 1. The fourth-order valence-electron chi connectivity index (χ4n) is 3.63. The van der Waals surface area contributed by atoms with Crippen LogP contribution in [-0.4, -0.2) is 90.2 Å². The molecule has 3 amide bonds. The van der Waals surface area contributed by atoms with E-state index in [9.17, 15) is 37.5 Å². The Morgan fingerprint density at radius 2 is 1.81 bits per heavy atom. The third kappa shape index (κ3) is 8.07. The lowest BCUT2D eigenvalue weighted by Gasteiger charge is -2.29. The summed E-state index contributed by atoms with van der Waals surface area (Å²) in [5.74, 6) is -4.50. The second-order valence-corrected chi connectivity index (χ2v) is 11.3. The smallest absolute Gasteiger partial charge is 0.305 e. The maximum atomic E-state index is 13.3. The van der Waals surface area contributed by atoms with Gasteiger partial charge >= 0.3 is 5.97 Å². The Morgan fingerprint density at radius 3 is 2.33 bits per heavy atom. The number of nitrogens with zero attached hydrogens (tertiary/aromatic N) is 1. The summed E-state index contributed by atoms with van der Waals surface area (Å²) in [5.41, 5.74) is -0.0989. The number of aromatic hydroxyl groups is 1. The minimum Gasteiger partial charge on any atom is -0.505 e. The van der Waals surface area contributed by atoms with E-state index >= 15 is 0 Å². The van der Waals surface area contributed by atoms with E-state index in [1.54, 1.807) is 0 Å². The summed E-state index contributed by atoms with van der Waals surface area (Å²) in [6, 6.07) is -1.47. The first-order valence-electron chi connectivity index (χ1n) is 10.7. The summed E-state index contributed by atoms with van der Waals surface area (Å²) >= 11 is 11.7. The van der Waals surface area contributed by atoms with Gasteiger partial charge in [-0.05, 0) is 31.4 Å². The van der Waals surface area contributed by atoms with Gasteiger partial charge in [0.25, 0.3) is 5.91 Å². The third-order valence-electron chi connectivity index (χ3n) is 5.38. The van der Waals surface area contributed by atoms with Crippen LogP contribution in [0.2, 0.25) is 10.0 Å². The van der Waals surface area contributed by atoms with E-state index in [1.165, 1.54) is 0 Å². The molecule has 1 fully saturated rings. The molecule has 1 saturated heterocycles. The summed E-state index contributed by atoms with van der Waals surface area (Å²) in [5, 5.41) is 22.9. The number of nitrogens with one attached hydrogen (secondary N) is 2. The summed E-state index contributed by atoms with van der Waals surface area (Å²) in [6.45, 7) is 0.115. The molecule has 198 valence electrons.